The molecule has 1 aliphatic heterocycles. The number of thiazole rings is 1. The molecule has 2 N–H and O–H groups in total. The van der Waals surface area contributed by atoms with Crippen molar-refractivity contribution in [2.45, 2.75) is 44.2 Å². The zero-order chi connectivity index (χ0) is 10.5. The zero-order valence-electron chi connectivity index (χ0n) is 8.89. The molecule has 0 amide bonds. The molecule has 0 aliphatic carbocycles. The summed E-state index contributed by atoms with van der Waals surface area (Å²) in [5, 5.41) is 0. The van der Waals surface area contributed by atoms with Crippen molar-refractivity contribution in [3.63, 3.8) is 0 Å². The van der Waals surface area contributed by atoms with Crippen molar-refractivity contribution in [1.29, 1.82) is 0 Å². The van der Waals surface area contributed by atoms with Crippen LogP contribution in [0.2, 0.25) is 0 Å². The van der Waals surface area contributed by atoms with Gasteiger partial charge >= 0.3 is 0 Å². The number of rotatable bonds is 4. The molecule has 4 heteroatoms. The SMILES string of the molecule is NC(Cc1cncs1)CC1CCCCO1. The largest absolute Gasteiger partial charge is 0.378 e. The molecule has 0 aromatic carbocycles. The van der Waals surface area contributed by atoms with Crippen molar-refractivity contribution < 1.29 is 4.74 Å². The maximum absolute atomic E-state index is 6.09. The van der Waals surface area contributed by atoms with Crippen molar-refractivity contribution >= 4 is 11.3 Å². The zero-order valence-corrected chi connectivity index (χ0v) is 9.71. The second kappa shape index (κ2) is 5.58. The Balaban J connectivity index is 1.74. The fourth-order valence-corrected chi connectivity index (χ4v) is 2.70. The molecule has 84 valence electrons. The van der Waals surface area contributed by atoms with Crippen LogP contribution in [0.5, 0.6) is 0 Å². The van der Waals surface area contributed by atoms with Crippen LogP contribution in [0, 0.1) is 0 Å². The summed E-state index contributed by atoms with van der Waals surface area (Å²) >= 11 is 1.68. The summed E-state index contributed by atoms with van der Waals surface area (Å²) in [6, 6.07) is 0.216. The summed E-state index contributed by atoms with van der Waals surface area (Å²) in [5.41, 5.74) is 7.95. The summed E-state index contributed by atoms with van der Waals surface area (Å²) < 4.78 is 5.68. The normalized spacial score (nSPS) is 23.9. The Hall–Kier alpha value is -0.450. The predicted octanol–water partition coefficient (Wildman–Crippen LogP) is 1.97. The van der Waals surface area contributed by atoms with Crippen LogP contribution in [0.1, 0.15) is 30.6 Å². The monoisotopic (exact) mass is 226 g/mol. The van der Waals surface area contributed by atoms with E-state index in [9.17, 15) is 0 Å². The number of nitrogens with zero attached hydrogens (tertiary/aromatic N) is 1. The Kier molecular flexibility index (Phi) is 4.11. The van der Waals surface area contributed by atoms with Gasteiger partial charge in [-0.15, -0.1) is 11.3 Å². The summed E-state index contributed by atoms with van der Waals surface area (Å²) in [4.78, 5) is 5.33. The van der Waals surface area contributed by atoms with Crippen LogP contribution in [0.25, 0.3) is 0 Å². The molecule has 0 spiro atoms. The van der Waals surface area contributed by atoms with Gasteiger partial charge in [-0.1, -0.05) is 0 Å². The summed E-state index contributed by atoms with van der Waals surface area (Å²) in [5.74, 6) is 0. The third kappa shape index (κ3) is 3.55. The van der Waals surface area contributed by atoms with Gasteiger partial charge in [0.2, 0.25) is 0 Å². The van der Waals surface area contributed by atoms with Crippen LogP contribution in [0.4, 0.5) is 0 Å². The molecule has 2 unspecified atom stereocenters. The van der Waals surface area contributed by atoms with Gasteiger partial charge in [0.25, 0.3) is 0 Å². The lowest BCUT2D eigenvalue weighted by molar-refractivity contribution is 0.00750. The van der Waals surface area contributed by atoms with Gasteiger partial charge in [0.05, 0.1) is 11.6 Å². The van der Waals surface area contributed by atoms with Gasteiger partial charge in [-0.25, -0.2) is 0 Å². The Morgan fingerprint density at radius 2 is 2.53 bits per heavy atom. The Morgan fingerprint density at radius 3 is 3.20 bits per heavy atom. The van der Waals surface area contributed by atoms with Crippen molar-refractivity contribution in [3.8, 4) is 0 Å². The molecule has 3 nitrogen and oxygen atoms in total. The molecule has 1 aliphatic rings. The number of hydrogen-bond acceptors (Lipinski definition) is 4. The van der Waals surface area contributed by atoms with E-state index in [-0.39, 0.29) is 6.04 Å². The van der Waals surface area contributed by atoms with E-state index < -0.39 is 0 Å². The molecular weight excluding hydrogens is 208 g/mol. The standard InChI is InChI=1S/C11H18N2OS/c12-9(6-11-7-13-8-15-11)5-10-3-1-2-4-14-10/h7-10H,1-6,12H2. The minimum atomic E-state index is 0.216. The highest BCUT2D eigenvalue weighted by Crippen LogP contribution is 2.18. The lowest BCUT2D eigenvalue weighted by atomic mass is 10.0. The van der Waals surface area contributed by atoms with Gasteiger partial charge in [0.15, 0.2) is 0 Å². The van der Waals surface area contributed by atoms with Gasteiger partial charge in [-0.2, -0.15) is 0 Å². The number of nitrogens with two attached hydrogens (primary N) is 1. The summed E-state index contributed by atoms with van der Waals surface area (Å²) in [6.07, 6.45) is 7.89. The van der Waals surface area contributed by atoms with Crippen LogP contribution in [-0.2, 0) is 11.2 Å². The first kappa shape index (κ1) is 11.0. The molecule has 1 aromatic rings. The predicted molar refractivity (Wildman–Crippen MR) is 62.0 cm³/mol. The average molecular weight is 226 g/mol. The van der Waals surface area contributed by atoms with E-state index in [4.69, 9.17) is 10.5 Å². The molecule has 1 fully saturated rings. The van der Waals surface area contributed by atoms with Gasteiger partial charge in [-0.05, 0) is 32.1 Å². The average Bonchev–Trinajstić information content (AvgIpc) is 2.71. The highest BCUT2D eigenvalue weighted by Gasteiger charge is 2.17. The minimum Gasteiger partial charge on any atom is -0.378 e. The first-order chi connectivity index (χ1) is 7.34. The molecule has 0 saturated carbocycles. The quantitative estimate of drug-likeness (QED) is 0.854. The van der Waals surface area contributed by atoms with E-state index in [1.807, 2.05) is 11.7 Å². The highest BCUT2D eigenvalue weighted by atomic mass is 32.1. The fraction of sp³-hybridized carbons (Fsp3) is 0.727. The van der Waals surface area contributed by atoms with E-state index in [1.165, 1.54) is 24.1 Å². The highest BCUT2D eigenvalue weighted by molar-refractivity contribution is 7.09. The van der Waals surface area contributed by atoms with Gasteiger partial charge in [0, 0.05) is 23.7 Å². The number of hydrogen-bond donors (Lipinski definition) is 1. The van der Waals surface area contributed by atoms with Crippen molar-refractivity contribution in [1.82, 2.24) is 4.98 Å². The Morgan fingerprint density at radius 1 is 1.60 bits per heavy atom. The lowest BCUT2D eigenvalue weighted by Gasteiger charge is -2.24. The maximum Gasteiger partial charge on any atom is 0.0794 e. The van der Waals surface area contributed by atoms with Crippen molar-refractivity contribution in [3.05, 3.63) is 16.6 Å². The molecule has 2 atom stereocenters. The number of aromatic nitrogens is 1. The Labute approximate surface area is 94.7 Å². The van der Waals surface area contributed by atoms with E-state index in [0.717, 1.165) is 19.4 Å². The third-order valence-corrected chi connectivity index (χ3v) is 3.59. The lowest BCUT2D eigenvalue weighted by Crippen LogP contribution is -2.31. The van der Waals surface area contributed by atoms with E-state index in [1.54, 1.807) is 11.3 Å². The molecule has 0 radical (unpaired) electrons. The number of ether oxygens (including phenoxy) is 1. The van der Waals surface area contributed by atoms with E-state index in [0.29, 0.717) is 6.10 Å². The van der Waals surface area contributed by atoms with Gasteiger partial charge in [-0.3, -0.25) is 4.98 Å². The minimum absolute atomic E-state index is 0.216. The fourth-order valence-electron chi connectivity index (χ4n) is 2.02. The molecule has 0 bridgehead atoms. The van der Waals surface area contributed by atoms with Crippen molar-refractivity contribution in [2.24, 2.45) is 5.73 Å². The first-order valence-corrected chi connectivity index (χ1v) is 6.47. The molecular formula is C11H18N2OS. The van der Waals surface area contributed by atoms with Crippen LogP contribution in [0.15, 0.2) is 11.7 Å². The summed E-state index contributed by atoms with van der Waals surface area (Å²) in [7, 11) is 0. The van der Waals surface area contributed by atoms with Crippen LogP contribution < -0.4 is 5.73 Å². The first-order valence-electron chi connectivity index (χ1n) is 5.59. The van der Waals surface area contributed by atoms with Crippen LogP contribution in [0.3, 0.4) is 0 Å². The van der Waals surface area contributed by atoms with E-state index >= 15 is 0 Å². The Bertz CT molecular complexity index is 270. The second-order valence-corrected chi connectivity index (χ2v) is 5.13. The molecule has 2 rings (SSSR count). The van der Waals surface area contributed by atoms with Gasteiger partial charge in [0.1, 0.15) is 0 Å². The molecule has 1 saturated heterocycles. The van der Waals surface area contributed by atoms with E-state index in [2.05, 4.69) is 4.98 Å². The maximum atomic E-state index is 6.09. The van der Waals surface area contributed by atoms with Crippen LogP contribution >= 0.6 is 11.3 Å². The van der Waals surface area contributed by atoms with Crippen molar-refractivity contribution in [2.75, 3.05) is 6.61 Å². The van der Waals surface area contributed by atoms with Crippen LogP contribution in [-0.4, -0.2) is 23.7 Å². The molecule has 2 heterocycles. The second-order valence-electron chi connectivity index (χ2n) is 4.16. The van der Waals surface area contributed by atoms with Gasteiger partial charge < -0.3 is 10.5 Å². The third-order valence-electron chi connectivity index (χ3n) is 2.79. The molecule has 15 heavy (non-hydrogen) atoms. The smallest absolute Gasteiger partial charge is 0.0794 e. The molecule has 1 aromatic heterocycles. The summed E-state index contributed by atoms with van der Waals surface area (Å²) in [6.45, 7) is 0.915. The topological polar surface area (TPSA) is 48.1 Å².